The first-order valence-corrected chi connectivity index (χ1v) is 15.5. The van der Waals surface area contributed by atoms with E-state index in [9.17, 15) is 0 Å². The van der Waals surface area contributed by atoms with Gasteiger partial charge in [0.15, 0.2) is 0 Å². The zero-order valence-electron chi connectivity index (χ0n) is 20.0. The van der Waals surface area contributed by atoms with Crippen molar-refractivity contribution in [3.8, 4) is 0 Å². The second-order valence-electron chi connectivity index (χ2n) is 8.36. The molecule has 0 aliphatic rings. The third-order valence-corrected chi connectivity index (χ3v) is 8.96. The van der Waals surface area contributed by atoms with Crippen LogP contribution >= 0.6 is 0 Å². The van der Waals surface area contributed by atoms with Crippen molar-refractivity contribution in [2.24, 2.45) is 17.8 Å². The Morgan fingerprint density at radius 3 is 1.00 bits per heavy atom. The monoisotopic (exact) mass is 508 g/mol. The van der Waals surface area contributed by atoms with E-state index >= 15 is 0 Å². The van der Waals surface area contributed by atoms with E-state index in [0.717, 1.165) is 19.8 Å². The van der Waals surface area contributed by atoms with Crippen LogP contribution in [0.15, 0.2) is 0 Å². The molecule has 0 aliphatic carbocycles. The second-order valence-corrected chi connectivity index (χ2v) is 11.8. The Kier molecular flexibility index (Phi) is 21.5. The van der Waals surface area contributed by atoms with Crippen molar-refractivity contribution in [2.45, 2.75) is 119 Å². The molecule has 0 spiro atoms. The van der Waals surface area contributed by atoms with Gasteiger partial charge in [0.25, 0.3) is 0 Å². The average molecular weight is 509 g/mol. The molecule has 0 saturated carbocycles. The molecular weight excluding hydrogens is 458 g/mol. The number of rotatable bonds is 21. The van der Waals surface area contributed by atoms with Crippen LogP contribution in [0.5, 0.6) is 0 Å². The van der Waals surface area contributed by atoms with E-state index in [1.807, 2.05) is 0 Å². The van der Waals surface area contributed by atoms with Gasteiger partial charge in [-0.1, -0.05) is 0 Å². The van der Waals surface area contributed by atoms with Gasteiger partial charge in [0.05, 0.1) is 0 Å². The summed E-state index contributed by atoms with van der Waals surface area (Å²) in [5, 5.41) is 0. The zero-order chi connectivity index (χ0) is 21.0. The van der Waals surface area contributed by atoms with Crippen LogP contribution in [-0.2, 0) is 9.05 Å². The maximum absolute atomic E-state index is 6.33. The van der Waals surface area contributed by atoms with Crippen LogP contribution in [0.4, 0.5) is 0 Å². The Morgan fingerprint density at radius 1 is 0.500 bits per heavy atom. The molecule has 0 aromatic heterocycles. The van der Waals surface area contributed by atoms with Gasteiger partial charge in [0.2, 0.25) is 0 Å². The van der Waals surface area contributed by atoms with Gasteiger partial charge in [-0.05, 0) is 0 Å². The van der Waals surface area contributed by atoms with E-state index in [-0.39, 0.29) is 0 Å². The molecule has 4 heteroatoms. The summed E-state index contributed by atoms with van der Waals surface area (Å²) in [5.74, 6) is 1.97. The first-order valence-electron chi connectivity index (χ1n) is 12.3. The molecular formula is C24H51O3Sb. The van der Waals surface area contributed by atoms with Crippen molar-refractivity contribution < 1.29 is 9.05 Å². The summed E-state index contributed by atoms with van der Waals surface area (Å²) in [4.78, 5) is 0. The van der Waals surface area contributed by atoms with Gasteiger partial charge in [-0.25, -0.2) is 0 Å². The third kappa shape index (κ3) is 15.5. The van der Waals surface area contributed by atoms with Gasteiger partial charge in [0.1, 0.15) is 0 Å². The minimum atomic E-state index is -2.54. The van der Waals surface area contributed by atoms with Gasteiger partial charge in [-0.2, -0.15) is 0 Å². The molecule has 0 aromatic carbocycles. The summed E-state index contributed by atoms with van der Waals surface area (Å²) >= 11 is -2.54. The zero-order valence-corrected chi connectivity index (χ0v) is 22.6. The number of hydrogen-bond acceptors (Lipinski definition) is 3. The normalized spacial score (nSPS) is 15.1. The molecule has 3 nitrogen and oxygen atoms in total. The minimum absolute atomic E-state index is 0.656. The van der Waals surface area contributed by atoms with Crippen LogP contribution in [0.25, 0.3) is 0 Å². The van der Waals surface area contributed by atoms with E-state index in [4.69, 9.17) is 9.05 Å². The topological polar surface area (TPSA) is 27.7 Å². The first-order chi connectivity index (χ1) is 13.6. The molecule has 0 aromatic rings. The molecule has 28 heavy (non-hydrogen) atoms. The van der Waals surface area contributed by atoms with Crippen molar-refractivity contribution in [3.05, 3.63) is 0 Å². The van der Waals surface area contributed by atoms with Crippen LogP contribution in [0, 0.1) is 17.8 Å². The molecule has 0 rings (SSSR count). The Hall–Kier alpha value is 0.698. The van der Waals surface area contributed by atoms with Crippen LogP contribution in [0.1, 0.15) is 119 Å². The summed E-state index contributed by atoms with van der Waals surface area (Å²) in [5.41, 5.74) is 0. The Labute approximate surface area is 186 Å². The van der Waals surface area contributed by atoms with Crippen molar-refractivity contribution in [3.63, 3.8) is 0 Å². The van der Waals surface area contributed by atoms with Gasteiger partial charge >= 0.3 is 187 Å². The molecule has 0 aliphatic heterocycles. The Morgan fingerprint density at radius 2 is 0.786 bits per heavy atom. The molecule has 3 unspecified atom stereocenters. The van der Waals surface area contributed by atoms with E-state index in [1.54, 1.807) is 0 Å². The number of unbranched alkanes of at least 4 members (excludes halogenated alkanes) is 3. The fourth-order valence-electron chi connectivity index (χ4n) is 3.30. The fourth-order valence-corrected chi connectivity index (χ4v) is 6.79. The summed E-state index contributed by atoms with van der Waals surface area (Å²) in [7, 11) is 0. The predicted octanol–water partition coefficient (Wildman–Crippen LogP) is 7.67. The van der Waals surface area contributed by atoms with Crippen LogP contribution in [0.2, 0.25) is 0 Å². The van der Waals surface area contributed by atoms with Gasteiger partial charge < -0.3 is 0 Å². The van der Waals surface area contributed by atoms with E-state index in [0.29, 0.717) is 17.8 Å². The fraction of sp³-hybridized carbons (Fsp3) is 1.00. The molecule has 0 bridgehead atoms. The van der Waals surface area contributed by atoms with Crippen molar-refractivity contribution in [2.75, 3.05) is 19.8 Å². The molecule has 0 fully saturated rings. The Balaban J connectivity index is 4.60. The molecule has 3 atom stereocenters. The van der Waals surface area contributed by atoms with Crippen molar-refractivity contribution in [1.82, 2.24) is 0 Å². The van der Waals surface area contributed by atoms with Crippen molar-refractivity contribution in [1.29, 1.82) is 0 Å². The Bertz CT molecular complexity index is 267. The SMILES string of the molecule is CCCCC(CC)C[O][Sb]([O]CC(CC)CCCC)[O]CC(CC)CCCC. The first kappa shape index (κ1) is 28.7. The van der Waals surface area contributed by atoms with E-state index in [1.165, 1.54) is 77.0 Å². The van der Waals surface area contributed by atoms with E-state index < -0.39 is 21.5 Å². The summed E-state index contributed by atoms with van der Waals surface area (Å²) in [6.45, 7) is 16.1. The van der Waals surface area contributed by atoms with E-state index in [2.05, 4.69) is 41.5 Å². The molecule has 0 saturated heterocycles. The van der Waals surface area contributed by atoms with Crippen LogP contribution in [-0.4, -0.2) is 41.3 Å². The standard InChI is InChI=1S/3C8H17O.Sb/c3*1-3-5-6-8(4-2)7-9;/h3*8H,3-7H2,1-2H3;/q3*-1;+3. The average Bonchev–Trinajstić information content (AvgIpc) is 2.73. The quantitative estimate of drug-likeness (QED) is 0.149. The summed E-state index contributed by atoms with van der Waals surface area (Å²) in [6, 6.07) is 0. The van der Waals surface area contributed by atoms with Crippen molar-refractivity contribution >= 4 is 21.5 Å². The van der Waals surface area contributed by atoms with Gasteiger partial charge in [-0.15, -0.1) is 0 Å². The summed E-state index contributed by atoms with van der Waals surface area (Å²) in [6.07, 6.45) is 15.1. The molecule has 170 valence electrons. The van der Waals surface area contributed by atoms with Crippen LogP contribution < -0.4 is 0 Å². The third-order valence-electron chi connectivity index (χ3n) is 5.88. The molecule has 0 amide bonds. The second kappa shape index (κ2) is 21.0. The molecule has 0 heterocycles. The van der Waals surface area contributed by atoms with Crippen LogP contribution in [0.3, 0.4) is 0 Å². The summed E-state index contributed by atoms with van der Waals surface area (Å²) < 4.78 is 19.0. The molecule has 0 N–H and O–H groups in total. The maximum atomic E-state index is 6.33. The van der Waals surface area contributed by atoms with Gasteiger partial charge in [0, 0.05) is 0 Å². The predicted molar refractivity (Wildman–Crippen MR) is 124 cm³/mol. The van der Waals surface area contributed by atoms with Gasteiger partial charge in [-0.3, -0.25) is 0 Å². The molecule has 0 radical (unpaired) electrons. The number of hydrogen-bond donors (Lipinski definition) is 0.